The second-order valence-electron chi connectivity index (χ2n) is 9.36. The predicted octanol–water partition coefficient (Wildman–Crippen LogP) is 5.84. The lowest BCUT2D eigenvalue weighted by molar-refractivity contribution is -0.137. The highest BCUT2D eigenvalue weighted by Crippen LogP contribution is 2.37. The van der Waals surface area contributed by atoms with Gasteiger partial charge in [0, 0.05) is 24.6 Å². The number of aliphatic carboxylic acids is 1. The lowest BCUT2D eigenvalue weighted by atomic mass is 9.78. The number of hydrogen-bond acceptors (Lipinski definition) is 5. The molecule has 192 valence electrons. The Labute approximate surface area is 214 Å². The van der Waals surface area contributed by atoms with E-state index in [2.05, 4.69) is 24.0 Å². The molecule has 1 aliphatic heterocycles. The topological polar surface area (TPSA) is 83.6 Å². The molecule has 7 heteroatoms. The largest absolute Gasteiger partial charge is 0.481 e. The Balaban J connectivity index is 0.000000402. The number of ketones is 1. The first-order chi connectivity index (χ1) is 16.7. The third kappa shape index (κ3) is 9.06. The number of rotatable bonds is 9. The van der Waals surface area contributed by atoms with Gasteiger partial charge >= 0.3 is 5.97 Å². The summed E-state index contributed by atoms with van der Waals surface area (Å²) >= 11 is 4.27. The SMILES string of the molecule is CC(=O)c1ccc(CCN)c(C(C)C(CC(=O)O)c2ccc(F)cc2)c1.CCC1CCN(S)CC1. The summed E-state index contributed by atoms with van der Waals surface area (Å²) in [6.45, 7) is 8.54. The molecule has 0 amide bonds. The summed E-state index contributed by atoms with van der Waals surface area (Å²) in [6.07, 6.45) is 4.60. The van der Waals surface area contributed by atoms with Crippen LogP contribution in [0.1, 0.15) is 85.3 Å². The molecule has 1 saturated heterocycles. The highest BCUT2D eigenvalue weighted by Gasteiger charge is 2.26. The molecule has 3 N–H and O–H groups in total. The molecule has 2 aromatic carbocycles. The Morgan fingerprint density at radius 3 is 2.31 bits per heavy atom. The molecule has 0 aliphatic carbocycles. The van der Waals surface area contributed by atoms with Crippen LogP contribution in [0.2, 0.25) is 0 Å². The maximum Gasteiger partial charge on any atom is 0.303 e. The van der Waals surface area contributed by atoms with E-state index in [0.29, 0.717) is 18.5 Å². The van der Waals surface area contributed by atoms with Crippen molar-refractivity contribution in [3.63, 3.8) is 0 Å². The minimum atomic E-state index is -0.922. The summed E-state index contributed by atoms with van der Waals surface area (Å²) in [5, 5.41) is 9.36. The number of carboxylic acids is 1. The van der Waals surface area contributed by atoms with Crippen molar-refractivity contribution < 1.29 is 19.1 Å². The molecule has 0 aromatic heterocycles. The van der Waals surface area contributed by atoms with Gasteiger partial charge in [0.25, 0.3) is 0 Å². The van der Waals surface area contributed by atoms with Gasteiger partial charge in [0.2, 0.25) is 0 Å². The number of nitrogens with zero attached hydrogens (tertiary/aromatic N) is 1. The third-order valence-corrected chi connectivity index (χ3v) is 7.32. The van der Waals surface area contributed by atoms with Crippen molar-refractivity contribution in [2.24, 2.45) is 11.7 Å². The summed E-state index contributed by atoms with van der Waals surface area (Å²) in [4.78, 5) is 23.2. The smallest absolute Gasteiger partial charge is 0.303 e. The number of carbonyl (C=O) groups excluding carboxylic acids is 1. The van der Waals surface area contributed by atoms with E-state index < -0.39 is 5.97 Å². The van der Waals surface area contributed by atoms with Crippen LogP contribution in [0.25, 0.3) is 0 Å². The first-order valence-electron chi connectivity index (χ1n) is 12.4. The Morgan fingerprint density at radius 2 is 1.80 bits per heavy atom. The van der Waals surface area contributed by atoms with Crippen molar-refractivity contribution in [2.45, 2.75) is 64.7 Å². The first-order valence-corrected chi connectivity index (χ1v) is 12.8. The van der Waals surface area contributed by atoms with Crippen LogP contribution in [0.4, 0.5) is 4.39 Å². The van der Waals surface area contributed by atoms with E-state index in [1.807, 2.05) is 19.1 Å². The summed E-state index contributed by atoms with van der Waals surface area (Å²) in [7, 11) is 0. The van der Waals surface area contributed by atoms with Crippen LogP contribution in [-0.2, 0) is 11.2 Å². The molecule has 0 spiro atoms. The van der Waals surface area contributed by atoms with Gasteiger partial charge in [0.15, 0.2) is 5.78 Å². The van der Waals surface area contributed by atoms with Crippen LogP contribution in [0, 0.1) is 11.7 Å². The van der Waals surface area contributed by atoms with Gasteiger partial charge < -0.3 is 10.8 Å². The Bertz CT molecular complexity index is 959. The van der Waals surface area contributed by atoms with Crippen LogP contribution in [0.5, 0.6) is 0 Å². The summed E-state index contributed by atoms with van der Waals surface area (Å²) < 4.78 is 15.4. The number of hydrogen-bond donors (Lipinski definition) is 3. The van der Waals surface area contributed by atoms with Crippen molar-refractivity contribution in [2.75, 3.05) is 19.6 Å². The van der Waals surface area contributed by atoms with Crippen LogP contribution < -0.4 is 5.73 Å². The van der Waals surface area contributed by atoms with Gasteiger partial charge in [-0.05, 0) is 79.5 Å². The number of Topliss-reactive ketones (excluding diaryl/α,β-unsaturated/α-hetero) is 1. The van der Waals surface area contributed by atoms with Gasteiger partial charge in [0.1, 0.15) is 5.82 Å². The van der Waals surface area contributed by atoms with Gasteiger partial charge in [-0.25, -0.2) is 4.39 Å². The zero-order chi connectivity index (χ0) is 26.0. The number of nitrogens with two attached hydrogens (primary N) is 1. The minimum absolute atomic E-state index is 0.0469. The van der Waals surface area contributed by atoms with E-state index >= 15 is 0 Å². The van der Waals surface area contributed by atoms with E-state index in [-0.39, 0.29) is 29.9 Å². The lowest BCUT2D eigenvalue weighted by Gasteiger charge is -2.26. The quantitative estimate of drug-likeness (QED) is 0.296. The van der Waals surface area contributed by atoms with Crippen molar-refractivity contribution in [1.29, 1.82) is 0 Å². The van der Waals surface area contributed by atoms with Crippen molar-refractivity contribution in [3.05, 3.63) is 70.5 Å². The number of benzene rings is 2. The number of thiol groups is 1. The standard InChI is InChI=1S/C21H24FNO3.C7H15NS/c1-13(19-11-17(14(2)24)4-3-16(19)9-10-23)20(12-21(25)26)15-5-7-18(22)8-6-15;1-2-7-3-5-8(9)6-4-7/h3-8,11,13,20H,9-10,12,23H2,1-2H3,(H,25,26);7,9H,2-6H2,1H3. The number of piperidine rings is 1. The Morgan fingerprint density at radius 1 is 1.17 bits per heavy atom. The van der Waals surface area contributed by atoms with E-state index in [1.54, 1.807) is 18.2 Å². The molecule has 0 radical (unpaired) electrons. The molecule has 2 unspecified atom stereocenters. The fourth-order valence-corrected chi connectivity index (χ4v) is 4.88. The molecular weight excluding hydrogens is 463 g/mol. The monoisotopic (exact) mass is 502 g/mol. The molecule has 35 heavy (non-hydrogen) atoms. The lowest BCUT2D eigenvalue weighted by Crippen LogP contribution is -2.25. The zero-order valence-corrected chi connectivity index (χ0v) is 21.9. The van der Waals surface area contributed by atoms with Gasteiger partial charge in [0.05, 0.1) is 6.42 Å². The van der Waals surface area contributed by atoms with Gasteiger partial charge in [-0.1, -0.05) is 57.3 Å². The maximum atomic E-state index is 13.3. The normalized spacial score (nSPS) is 16.2. The average molecular weight is 503 g/mol. The molecule has 0 bridgehead atoms. The van der Waals surface area contributed by atoms with Crippen molar-refractivity contribution in [3.8, 4) is 0 Å². The third-order valence-electron chi connectivity index (χ3n) is 6.92. The van der Waals surface area contributed by atoms with Crippen LogP contribution in [-0.4, -0.2) is 40.8 Å². The highest BCUT2D eigenvalue weighted by atomic mass is 32.1. The van der Waals surface area contributed by atoms with E-state index in [9.17, 15) is 19.1 Å². The van der Waals surface area contributed by atoms with Gasteiger partial charge in [-0.15, -0.1) is 0 Å². The average Bonchev–Trinajstić information content (AvgIpc) is 2.84. The second kappa shape index (κ2) is 14.4. The Kier molecular flexibility index (Phi) is 11.9. The first kappa shape index (κ1) is 29.0. The summed E-state index contributed by atoms with van der Waals surface area (Å²) in [5.41, 5.74) is 8.97. The number of carboxylic acid groups (broad SMARTS) is 1. The molecule has 2 atom stereocenters. The number of halogens is 1. The highest BCUT2D eigenvalue weighted by molar-refractivity contribution is 7.77. The summed E-state index contributed by atoms with van der Waals surface area (Å²) in [6, 6.07) is 11.4. The van der Waals surface area contributed by atoms with Crippen molar-refractivity contribution >= 4 is 24.6 Å². The predicted molar refractivity (Wildman–Crippen MR) is 143 cm³/mol. The molecule has 3 rings (SSSR count). The Hall–Kier alpha value is -2.22. The molecule has 1 aliphatic rings. The molecule has 1 heterocycles. The van der Waals surface area contributed by atoms with E-state index in [1.165, 1.54) is 51.4 Å². The van der Waals surface area contributed by atoms with Crippen molar-refractivity contribution in [1.82, 2.24) is 4.31 Å². The fraction of sp³-hybridized carbons (Fsp3) is 0.500. The zero-order valence-electron chi connectivity index (χ0n) is 21.0. The van der Waals surface area contributed by atoms with Gasteiger partial charge in [-0.3, -0.25) is 13.9 Å². The molecule has 2 aromatic rings. The molecule has 0 saturated carbocycles. The second-order valence-corrected chi connectivity index (χ2v) is 9.92. The fourth-order valence-electron chi connectivity index (χ4n) is 4.65. The van der Waals surface area contributed by atoms with Crippen LogP contribution >= 0.6 is 12.8 Å². The molecule has 5 nitrogen and oxygen atoms in total. The van der Waals surface area contributed by atoms with E-state index in [0.717, 1.165) is 22.6 Å². The number of carbonyl (C=O) groups is 2. The molecular formula is C28H39FN2O3S. The van der Waals surface area contributed by atoms with Crippen LogP contribution in [0.15, 0.2) is 42.5 Å². The maximum absolute atomic E-state index is 13.3. The van der Waals surface area contributed by atoms with Crippen LogP contribution in [0.3, 0.4) is 0 Å². The molecule has 1 fully saturated rings. The minimum Gasteiger partial charge on any atom is -0.481 e. The van der Waals surface area contributed by atoms with E-state index in [4.69, 9.17) is 5.73 Å². The van der Waals surface area contributed by atoms with Gasteiger partial charge in [-0.2, -0.15) is 0 Å². The summed E-state index contributed by atoms with van der Waals surface area (Å²) in [5.74, 6) is -0.862.